The third-order valence-electron chi connectivity index (χ3n) is 3.90. The molecule has 0 heterocycles. The van der Waals surface area contributed by atoms with Crippen molar-refractivity contribution in [3.05, 3.63) is 28.8 Å². The normalized spacial score (nSPS) is 11.6. The van der Waals surface area contributed by atoms with Gasteiger partial charge in [0.2, 0.25) is 5.91 Å². The maximum atomic E-state index is 12.4. The summed E-state index contributed by atoms with van der Waals surface area (Å²) in [6.45, 7) is 1.11. The first-order valence-corrected chi connectivity index (χ1v) is 7.48. The van der Waals surface area contributed by atoms with Crippen LogP contribution in [0.5, 0.6) is 5.75 Å². The van der Waals surface area contributed by atoms with Crippen molar-refractivity contribution < 1.29 is 18.3 Å². The van der Waals surface area contributed by atoms with Crippen LogP contribution in [0.2, 0.25) is 5.02 Å². The highest BCUT2D eigenvalue weighted by atomic mass is 35.5. The van der Waals surface area contributed by atoms with Crippen molar-refractivity contribution in [1.82, 2.24) is 5.32 Å². The number of ether oxygens (including phenoxy) is 1. The number of alkyl halides is 2. The van der Waals surface area contributed by atoms with Gasteiger partial charge in [0.1, 0.15) is 5.75 Å². The number of nitrogens with one attached hydrogen (secondary N) is 1. The minimum Gasteiger partial charge on any atom is -0.434 e. The molecule has 0 aliphatic rings. The Morgan fingerprint density at radius 2 is 2.05 bits per heavy atom. The molecule has 4 nitrogen and oxygen atoms in total. The van der Waals surface area contributed by atoms with Crippen LogP contribution in [0.4, 0.5) is 8.78 Å². The van der Waals surface area contributed by atoms with Crippen LogP contribution >= 0.6 is 11.6 Å². The fraction of sp³-hybridized carbons (Fsp3) is 0.533. The summed E-state index contributed by atoms with van der Waals surface area (Å²) in [5, 5.41) is 3.11. The van der Waals surface area contributed by atoms with Crippen molar-refractivity contribution in [2.45, 2.75) is 39.8 Å². The van der Waals surface area contributed by atoms with Gasteiger partial charge in [-0.25, -0.2) is 0 Å². The quantitative estimate of drug-likeness (QED) is 0.766. The molecule has 3 N–H and O–H groups in total. The van der Waals surface area contributed by atoms with E-state index in [1.54, 1.807) is 0 Å². The lowest BCUT2D eigenvalue weighted by Crippen LogP contribution is -2.45. The van der Waals surface area contributed by atoms with E-state index >= 15 is 0 Å². The molecule has 1 aromatic carbocycles. The summed E-state index contributed by atoms with van der Waals surface area (Å²) in [4.78, 5) is 12.3. The van der Waals surface area contributed by atoms with Gasteiger partial charge in [-0.3, -0.25) is 4.79 Å². The fourth-order valence-corrected chi connectivity index (χ4v) is 2.41. The highest BCUT2D eigenvalue weighted by Crippen LogP contribution is 2.27. The molecule has 0 aliphatic carbocycles. The first kappa shape index (κ1) is 18.6. The molecule has 0 aliphatic heterocycles. The molecule has 0 saturated heterocycles. The number of nitrogens with two attached hydrogens (primary N) is 1. The number of hydrogen-bond acceptors (Lipinski definition) is 3. The summed E-state index contributed by atoms with van der Waals surface area (Å²) in [6, 6.07) is 4.29. The van der Waals surface area contributed by atoms with Gasteiger partial charge in [0.05, 0.1) is 5.41 Å². The lowest BCUT2D eigenvalue weighted by atomic mass is 9.81. The van der Waals surface area contributed by atoms with E-state index in [4.69, 9.17) is 17.3 Å². The Kier molecular flexibility index (Phi) is 7.03. The van der Waals surface area contributed by atoms with Gasteiger partial charge in [0.15, 0.2) is 0 Å². The molecular formula is C15H21ClF2N2O2. The molecule has 1 amide bonds. The first-order chi connectivity index (χ1) is 10.4. The summed E-state index contributed by atoms with van der Waals surface area (Å²) < 4.78 is 29.2. The Morgan fingerprint density at radius 1 is 1.41 bits per heavy atom. The second-order valence-corrected chi connectivity index (χ2v) is 5.44. The van der Waals surface area contributed by atoms with Gasteiger partial charge in [-0.15, -0.1) is 0 Å². The van der Waals surface area contributed by atoms with Crippen molar-refractivity contribution in [3.8, 4) is 5.75 Å². The van der Waals surface area contributed by atoms with E-state index in [2.05, 4.69) is 10.1 Å². The van der Waals surface area contributed by atoms with Gasteiger partial charge in [-0.05, 0) is 31.0 Å². The fourth-order valence-electron chi connectivity index (χ4n) is 2.21. The molecular weight excluding hydrogens is 314 g/mol. The summed E-state index contributed by atoms with van der Waals surface area (Å²) in [7, 11) is 0. The molecule has 0 atom stereocenters. The van der Waals surface area contributed by atoms with Gasteiger partial charge in [0.25, 0.3) is 0 Å². The molecule has 0 fully saturated rings. The number of carbonyl (C=O) groups is 1. The van der Waals surface area contributed by atoms with E-state index in [0.29, 0.717) is 23.4 Å². The molecule has 1 rings (SSSR count). The van der Waals surface area contributed by atoms with Gasteiger partial charge in [0, 0.05) is 23.7 Å². The first-order valence-electron chi connectivity index (χ1n) is 7.10. The van der Waals surface area contributed by atoms with Crippen LogP contribution < -0.4 is 15.8 Å². The van der Waals surface area contributed by atoms with E-state index < -0.39 is 12.0 Å². The number of rotatable bonds is 8. The second-order valence-electron chi connectivity index (χ2n) is 5.00. The molecule has 0 saturated carbocycles. The third kappa shape index (κ3) is 4.55. The van der Waals surface area contributed by atoms with Crippen LogP contribution in [-0.2, 0) is 11.3 Å². The van der Waals surface area contributed by atoms with E-state index in [-0.39, 0.29) is 24.7 Å². The van der Waals surface area contributed by atoms with Crippen LogP contribution in [-0.4, -0.2) is 19.1 Å². The highest BCUT2D eigenvalue weighted by Gasteiger charge is 2.33. The molecule has 7 heteroatoms. The Bertz CT molecular complexity index is 500. The molecule has 1 aromatic rings. The summed E-state index contributed by atoms with van der Waals surface area (Å²) in [6.07, 6.45) is 1.20. The standard InChI is InChI=1S/C15H21ClF2N2O2/c1-3-15(4-2,9-19)13(21)20-8-10-7-11(16)5-6-12(10)22-14(17)18/h5-7,14H,3-4,8-9,19H2,1-2H3,(H,20,21). The topological polar surface area (TPSA) is 64.4 Å². The molecule has 0 bridgehead atoms. The Hall–Kier alpha value is -1.40. The van der Waals surface area contributed by atoms with Gasteiger partial charge in [-0.1, -0.05) is 25.4 Å². The molecule has 0 spiro atoms. The minimum absolute atomic E-state index is 0.00829. The lowest BCUT2D eigenvalue weighted by molar-refractivity contribution is -0.131. The SMILES string of the molecule is CCC(CC)(CN)C(=O)NCc1cc(Cl)ccc1OC(F)F. The van der Waals surface area contributed by atoms with Crippen molar-refractivity contribution in [2.75, 3.05) is 6.54 Å². The van der Waals surface area contributed by atoms with E-state index in [1.165, 1.54) is 18.2 Å². The van der Waals surface area contributed by atoms with Gasteiger partial charge < -0.3 is 15.8 Å². The van der Waals surface area contributed by atoms with Crippen molar-refractivity contribution in [2.24, 2.45) is 11.1 Å². The Morgan fingerprint density at radius 3 is 2.55 bits per heavy atom. The molecule has 0 unspecified atom stereocenters. The predicted molar refractivity (Wildman–Crippen MR) is 82.0 cm³/mol. The van der Waals surface area contributed by atoms with Crippen LogP contribution in [0.15, 0.2) is 18.2 Å². The number of amides is 1. The van der Waals surface area contributed by atoms with E-state index in [0.717, 1.165) is 0 Å². The number of hydrogen-bond donors (Lipinski definition) is 2. The maximum Gasteiger partial charge on any atom is 0.387 e. The largest absolute Gasteiger partial charge is 0.434 e. The van der Waals surface area contributed by atoms with Crippen molar-refractivity contribution in [3.63, 3.8) is 0 Å². The monoisotopic (exact) mass is 334 g/mol. The van der Waals surface area contributed by atoms with Crippen LogP contribution in [0.3, 0.4) is 0 Å². The molecule has 0 radical (unpaired) electrons. The summed E-state index contributed by atoms with van der Waals surface area (Å²) in [5.74, 6) is -0.214. The van der Waals surface area contributed by atoms with Crippen molar-refractivity contribution >= 4 is 17.5 Å². The van der Waals surface area contributed by atoms with Crippen LogP contribution in [0.1, 0.15) is 32.3 Å². The molecule has 124 valence electrons. The average Bonchev–Trinajstić information content (AvgIpc) is 2.49. The lowest BCUT2D eigenvalue weighted by Gasteiger charge is -2.28. The zero-order chi connectivity index (χ0) is 16.8. The molecule has 22 heavy (non-hydrogen) atoms. The zero-order valence-electron chi connectivity index (χ0n) is 12.7. The van der Waals surface area contributed by atoms with Gasteiger partial charge in [-0.2, -0.15) is 8.78 Å². The smallest absolute Gasteiger partial charge is 0.387 e. The zero-order valence-corrected chi connectivity index (χ0v) is 13.4. The maximum absolute atomic E-state index is 12.4. The number of benzene rings is 1. The van der Waals surface area contributed by atoms with Crippen LogP contribution in [0.25, 0.3) is 0 Å². The Labute approximate surface area is 134 Å². The van der Waals surface area contributed by atoms with Crippen LogP contribution in [0, 0.1) is 5.41 Å². The average molecular weight is 335 g/mol. The van der Waals surface area contributed by atoms with Crippen molar-refractivity contribution in [1.29, 1.82) is 0 Å². The van der Waals surface area contributed by atoms with E-state index in [9.17, 15) is 13.6 Å². The van der Waals surface area contributed by atoms with Gasteiger partial charge >= 0.3 is 6.61 Å². The number of halogens is 3. The summed E-state index contributed by atoms with van der Waals surface area (Å²) in [5.41, 5.74) is 5.45. The highest BCUT2D eigenvalue weighted by molar-refractivity contribution is 6.30. The number of carbonyl (C=O) groups excluding carboxylic acids is 1. The third-order valence-corrected chi connectivity index (χ3v) is 4.14. The van der Waals surface area contributed by atoms with E-state index in [1.807, 2.05) is 13.8 Å². The molecule has 0 aromatic heterocycles. The summed E-state index contributed by atoms with van der Waals surface area (Å²) >= 11 is 5.86. The second kappa shape index (κ2) is 8.29. The minimum atomic E-state index is -2.94. The Balaban J connectivity index is 2.87. The predicted octanol–water partition coefficient (Wildman–Crippen LogP) is 3.32.